The molecule has 0 saturated carbocycles. The van der Waals surface area contributed by atoms with Crippen molar-refractivity contribution in [3.8, 4) is 0 Å². The van der Waals surface area contributed by atoms with E-state index in [0.717, 1.165) is 11.3 Å². The summed E-state index contributed by atoms with van der Waals surface area (Å²) in [4.78, 5) is 12.3. The third-order valence-electron chi connectivity index (χ3n) is 4.31. The largest absolute Gasteiger partial charge is 0.381 e. The summed E-state index contributed by atoms with van der Waals surface area (Å²) in [6.45, 7) is 2.72. The molecule has 2 aromatic rings. The van der Waals surface area contributed by atoms with Gasteiger partial charge in [0.1, 0.15) is 0 Å². The number of rotatable bonds is 5. The summed E-state index contributed by atoms with van der Waals surface area (Å²) < 4.78 is 23.0. The molecule has 1 atom stereocenters. The zero-order valence-corrected chi connectivity index (χ0v) is 15.0. The maximum absolute atomic E-state index is 12.3. The second kappa shape index (κ2) is 7.27. The lowest BCUT2D eigenvalue weighted by Crippen LogP contribution is -2.35. The number of aryl methyl sites for hydroxylation is 1. The van der Waals surface area contributed by atoms with Gasteiger partial charge in [0, 0.05) is 23.8 Å². The molecule has 1 heterocycles. The maximum Gasteiger partial charge on any atom is 0.251 e. The van der Waals surface area contributed by atoms with Gasteiger partial charge >= 0.3 is 0 Å². The van der Waals surface area contributed by atoms with Crippen LogP contribution >= 0.6 is 0 Å². The van der Waals surface area contributed by atoms with Crippen LogP contribution in [0.1, 0.15) is 27.9 Å². The first kappa shape index (κ1) is 17.5. The summed E-state index contributed by atoms with van der Waals surface area (Å²) in [5.41, 5.74) is 3.76. The molecule has 0 bridgehead atoms. The summed E-state index contributed by atoms with van der Waals surface area (Å²) in [5, 5.41) is 6.12. The van der Waals surface area contributed by atoms with E-state index in [9.17, 15) is 13.2 Å². The molecule has 1 fully saturated rings. The van der Waals surface area contributed by atoms with Crippen LogP contribution < -0.4 is 10.6 Å². The standard InChI is InChI=1S/C19H22N2O3S/c1-14-5-7-15(8-6-14)12-20-17-4-2-3-16(11-17)19(22)21-18-9-10-25(23,24)13-18/h2-8,11,18,20H,9-10,12-13H2,1H3,(H,21,22)/t18-/m0/s1. The molecular weight excluding hydrogens is 336 g/mol. The quantitative estimate of drug-likeness (QED) is 0.861. The lowest BCUT2D eigenvalue weighted by molar-refractivity contribution is 0.0941. The van der Waals surface area contributed by atoms with Crippen molar-refractivity contribution in [1.82, 2.24) is 5.32 Å². The highest BCUT2D eigenvalue weighted by Crippen LogP contribution is 2.15. The minimum Gasteiger partial charge on any atom is -0.381 e. The molecule has 3 rings (SSSR count). The first-order valence-corrected chi connectivity index (χ1v) is 10.1. The van der Waals surface area contributed by atoms with Crippen molar-refractivity contribution in [2.75, 3.05) is 16.8 Å². The van der Waals surface area contributed by atoms with Gasteiger partial charge in [-0.05, 0) is 37.1 Å². The number of sulfone groups is 1. The van der Waals surface area contributed by atoms with Crippen LogP contribution in [0.5, 0.6) is 0 Å². The third kappa shape index (κ3) is 4.82. The van der Waals surface area contributed by atoms with E-state index in [2.05, 4.69) is 41.8 Å². The highest BCUT2D eigenvalue weighted by Gasteiger charge is 2.29. The Morgan fingerprint density at radius 2 is 1.92 bits per heavy atom. The van der Waals surface area contributed by atoms with Gasteiger partial charge < -0.3 is 10.6 Å². The number of benzene rings is 2. The molecule has 1 saturated heterocycles. The van der Waals surface area contributed by atoms with Crippen LogP contribution in [0, 0.1) is 6.92 Å². The van der Waals surface area contributed by atoms with E-state index in [-0.39, 0.29) is 23.5 Å². The van der Waals surface area contributed by atoms with Crippen molar-refractivity contribution in [2.24, 2.45) is 0 Å². The van der Waals surface area contributed by atoms with Gasteiger partial charge in [-0.1, -0.05) is 35.9 Å². The molecule has 2 N–H and O–H groups in total. The molecule has 1 amide bonds. The summed E-state index contributed by atoms with van der Waals surface area (Å²) in [6, 6.07) is 15.2. The molecule has 2 aromatic carbocycles. The van der Waals surface area contributed by atoms with Gasteiger partial charge in [-0.3, -0.25) is 4.79 Å². The average molecular weight is 358 g/mol. The van der Waals surface area contributed by atoms with E-state index in [1.165, 1.54) is 5.56 Å². The summed E-state index contributed by atoms with van der Waals surface area (Å²) in [6.07, 6.45) is 0.486. The molecule has 132 valence electrons. The van der Waals surface area contributed by atoms with E-state index >= 15 is 0 Å². The fraction of sp³-hybridized carbons (Fsp3) is 0.316. The monoisotopic (exact) mass is 358 g/mol. The third-order valence-corrected chi connectivity index (χ3v) is 6.08. The summed E-state index contributed by atoms with van der Waals surface area (Å²) in [5.74, 6) is -0.0544. The average Bonchev–Trinajstić information content (AvgIpc) is 2.93. The minimum absolute atomic E-state index is 0.0318. The Morgan fingerprint density at radius 1 is 1.16 bits per heavy atom. The topological polar surface area (TPSA) is 75.3 Å². The van der Waals surface area contributed by atoms with Crippen molar-refractivity contribution >= 4 is 21.4 Å². The molecule has 6 heteroatoms. The Morgan fingerprint density at radius 3 is 2.60 bits per heavy atom. The molecule has 25 heavy (non-hydrogen) atoms. The van der Waals surface area contributed by atoms with Crippen molar-refractivity contribution in [3.05, 3.63) is 65.2 Å². The molecule has 1 aliphatic rings. The van der Waals surface area contributed by atoms with Crippen LogP contribution in [0.3, 0.4) is 0 Å². The molecular formula is C19H22N2O3S. The first-order valence-electron chi connectivity index (χ1n) is 8.32. The van der Waals surface area contributed by atoms with Gasteiger partial charge in [0.25, 0.3) is 5.91 Å². The van der Waals surface area contributed by atoms with Crippen LogP contribution in [-0.4, -0.2) is 31.9 Å². The Labute approximate surface area is 148 Å². The number of anilines is 1. The normalized spacial score (nSPS) is 18.7. The van der Waals surface area contributed by atoms with Crippen LogP contribution in [0.4, 0.5) is 5.69 Å². The fourth-order valence-electron chi connectivity index (χ4n) is 2.86. The first-order chi connectivity index (χ1) is 11.9. The number of amides is 1. The van der Waals surface area contributed by atoms with Crippen molar-refractivity contribution in [1.29, 1.82) is 0 Å². The minimum atomic E-state index is -3.00. The highest BCUT2D eigenvalue weighted by molar-refractivity contribution is 7.91. The van der Waals surface area contributed by atoms with Crippen molar-refractivity contribution < 1.29 is 13.2 Å². The number of nitrogens with one attached hydrogen (secondary N) is 2. The zero-order chi connectivity index (χ0) is 17.9. The second-order valence-corrected chi connectivity index (χ2v) is 8.72. The van der Waals surface area contributed by atoms with Gasteiger partial charge in [0.05, 0.1) is 11.5 Å². The molecule has 5 nitrogen and oxygen atoms in total. The van der Waals surface area contributed by atoms with Crippen LogP contribution in [0.2, 0.25) is 0 Å². The van der Waals surface area contributed by atoms with E-state index in [0.29, 0.717) is 18.5 Å². The number of hydrogen-bond acceptors (Lipinski definition) is 4. The lowest BCUT2D eigenvalue weighted by Gasteiger charge is -2.12. The Balaban J connectivity index is 1.60. The number of carbonyl (C=O) groups is 1. The smallest absolute Gasteiger partial charge is 0.251 e. The van der Waals surface area contributed by atoms with Gasteiger partial charge in [-0.25, -0.2) is 8.42 Å². The zero-order valence-electron chi connectivity index (χ0n) is 14.2. The maximum atomic E-state index is 12.3. The Hall–Kier alpha value is -2.34. The predicted molar refractivity (Wildman–Crippen MR) is 99.5 cm³/mol. The molecule has 0 aliphatic carbocycles. The molecule has 0 aromatic heterocycles. The highest BCUT2D eigenvalue weighted by atomic mass is 32.2. The van der Waals surface area contributed by atoms with Crippen molar-refractivity contribution in [3.63, 3.8) is 0 Å². The SMILES string of the molecule is Cc1ccc(CNc2cccc(C(=O)N[C@H]3CCS(=O)(=O)C3)c2)cc1. The van der Waals surface area contributed by atoms with E-state index in [1.807, 2.05) is 12.1 Å². The number of hydrogen-bond donors (Lipinski definition) is 2. The van der Waals surface area contributed by atoms with E-state index in [1.54, 1.807) is 12.1 Å². The second-order valence-electron chi connectivity index (χ2n) is 6.49. The van der Waals surface area contributed by atoms with Gasteiger partial charge in [-0.2, -0.15) is 0 Å². The van der Waals surface area contributed by atoms with Gasteiger partial charge in [-0.15, -0.1) is 0 Å². The predicted octanol–water partition coefficient (Wildman–Crippen LogP) is 2.52. The molecule has 1 aliphatic heterocycles. The number of carbonyl (C=O) groups excluding carboxylic acids is 1. The molecule has 0 spiro atoms. The summed E-state index contributed by atoms with van der Waals surface area (Å²) in [7, 11) is -3.00. The van der Waals surface area contributed by atoms with Gasteiger partial charge in [0.15, 0.2) is 9.84 Å². The van der Waals surface area contributed by atoms with Crippen LogP contribution in [0.15, 0.2) is 48.5 Å². The Bertz CT molecular complexity index is 860. The Kier molecular flexibility index (Phi) is 5.08. The van der Waals surface area contributed by atoms with E-state index < -0.39 is 9.84 Å². The molecule has 0 radical (unpaired) electrons. The summed E-state index contributed by atoms with van der Waals surface area (Å²) >= 11 is 0. The van der Waals surface area contributed by atoms with E-state index in [4.69, 9.17) is 0 Å². The lowest BCUT2D eigenvalue weighted by atomic mass is 10.1. The van der Waals surface area contributed by atoms with Crippen molar-refractivity contribution in [2.45, 2.75) is 25.9 Å². The molecule has 0 unspecified atom stereocenters. The van der Waals surface area contributed by atoms with Gasteiger partial charge in [0.2, 0.25) is 0 Å². The van der Waals surface area contributed by atoms with Crippen LogP contribution in [0.25, 0.3) is 0 Å². The fourth-order valence-corrected chi connectivity index (χ4v) is 4.53. The van der Waals surface area contributed by atoms with Crippen LogP contribution in [-0.2, 0) is 16.4 Å².